The molecule has 0 unspecified atom stereocenters. The van der Waals surface area contributed by atoms with Crippen molar-refractivity contribution in [2.75, 3.05) is 40.0 Å². The summed E-state index contributed by atoms with van der Waals surface area (Å²) in [6, 6.07) is 3.95. The molecule has 0 heterocycles. The number of hydrogen-bond donors (Lipinski definition) is 1. The summed E-state index contributed by atoms with van der Waals surface area (Å²) in [5.74, 6) is -1.86. The summed E-state index contributed by atoms with van der Waals surface area (Å²) in [4.78, 5) is 25.0. The summed E-state index contributed by atoms with van der Waals surface area (Å²) in [5.41, 5.74) is -0.249. The molecule has 23 heavy (non-hydrogen) atoms. The minimum Gasteiger partial charge on any atom is -0.469 e. The van der Waals surface area contributed by atoms with E-state index in [1.807, 2.05) is 0 Å². The maximum Gasteiger partial charge on any atom is 0.307 e. The molecule has 0 saturated carbocycles. The molecule has 0 saturated heterocycles. The molecule has 0 bridgehead atoms. The zero-order valence-electron chi connectivity index (χ0n) is 12.8. The Morgan fingerprint density at radius 1 is 1.30 bits per heavy atom. The Morgan fingerprint density at radius 2 is 2.04 bits per heavy atom. The van der Waals surface area contributed by atoms with Gasteiger partial charge < -0.3 is 19.5 Å². The Morgan fingerprint density at radius 3 is 2.65 bits per heavy atom. The lowest BCUT2D eigenvalue weighted by molar-refractivity contribution is -0.140. The van der Waals surface area contributed by atoms with Crippen LogP contribution in [0.3, 0.4) is 0 Å². The second-order valence-corrected chi connectivity index (χ2v) is 4.96. The van der Waals surface area contributed by atoms with Gasteiger partial charge in [-0.2, -0.15) is 0 Å². The first kappa shape index (κ1) is 19.3. The number of halogens is 2. The predicted molar refractivity (Wildman–Crippen MR) is 81.9 cm³/mol. The number of aliphatic hydroxyl groups is 1. The maximum absolute atomic E-state index is 13.9. The van der Waals surface area contributed by atoms with Crippen molar-refractivity contribution in [2.24, 2.45) is 0 Å². The van der Waals surface area contributed by atoms with Crippen molar-refractivity contribution in [3.63, 3.8) is 0 Å². The van der Waals surface area contributed by atoms with E-state index in [0.717, 1.165) is 6.07 Å². The molecule has 0 aliphatic rings. The van der Waals surface area contributed by atoms with Gasteiger partial charge in [-0.3, -0.25) is 9.59 Å². The highest BCUT2D eigenvalue weighted by atomic mass is 35.5. The smallest absolute Gasteiger partial charge is 0.307 e. The van der Waals surface area contributed by atoms with Crippen LogP contribution in [0.15, 0.2) is 18.2 Å². The van der Waals surface area contributed by atoms with E-state index in [9.17, 15) is 14.0 Å². The lowest BCUT2D eigenvalue weighted by Crippen LogP contribution is -2.36. The van der Waals surface area contributed by atoms with E-state index in [2.05, 4.69) is 4.74 Å². The molecule has 8 heteroatoms. The number of ether oxygens (including phenoxy) is 2. The van der Waals surface area contributed by atoms with Gasteiger partial charge in [0.25, 0.3) is 5.91 Å². The van der Waals surface area contributed by atoms with Gasteiger partial charge in [0.1, 0.15) is 5.82 Å². The van der Waals surface area contributed by atoms with E-state index in [0.29, 0.717) is 0 Å². The number of nitrogens with zero attached hydrogens (tertiary/aromatic N) is 1. The second-order valence-electron chi connectivity index (χ2n) is 4.55. The van der Waals surface area contributed by atoms with Gasteiger partial charge in [-0.25, -0.2) is 4.39 Å². The standard InChI is InChI=1S/C15H19ClFNO5/c1-22-13(20)5-6-18(7-9-23-10-8-19)15(21)14-11(16)3-2-4-12(14)17/h2-4,19H,5-10H2,1H3. The Labute approximate surface area is 138 Å². The molecule has 128 valence electrons. The van der Waals surface area contributed by atoms with E-state index in [-0.39, 0.29) is 49.9 Å². The normalized spacial score (nSPS) is 10.4. The number of esters is 1. The summed E-state index contributed by atoms with van der Waals surface area (Å²) >= 11 is 5.90. The molecular weight excluding hydrogens is 329 g/mol. The van der Waals surface area contributed by atoms with E-state index in [4.69, 9.17) is 21.4 Å². The van der Waals surface area contributed by atoms with Crippen LogP contribution in [0.4, 0.5) is 4.39 Å². The quantitative estimate of drug-likeness (QED) is 0.541. The van der Waals surface area contributed by atoms with Gasteiger partial charge in [0.05, 0.1) is 43.9 Å². The van der Waals surface area contributed by atoms with Crippen LogP contribution in [0.1, 0.15) is 16.8 Å². The lowest BCUT2D eigenvalue weighted by atomic mass is 10.1. The molecule has 0 aliphatic carbocycles. The third kappa shape index (κ3) is 6.13. The fraction of sp³-hybridized carbons (Fsp3) is 0.467. The molecule has 1 rings (SSSR count). The topological polar surface area (TPSA) is 76.1 Å². The van der Waals surface area contributed by atoms with Crippen LogP contribution >= 0.6 is 11.6 Å². The van der Waals surface area contributed by atoms with Crippen LogP contribution in [0, 0.1) is 5.82 Å². The van der Waals surface area contributed by atoms with E-state index >= 15 is 0 Å². The summed E-state index contributed by atoms with van der Waals surface area (Å²) in [6.07, 6.45) is -0.0334. The number of hydrogen-bond acceptors (Lipinski definition) is 5. The van der Waals surface area contributed by atoms with Gasteiger partial charge in [-0.15, -0.1) is 0 Å². The molecule has 6 nitrogen and oxygen atoms in total. The number of rotatable bonds is 9. The average molecular weight is 348 g/mol. The fourth-order valence-corrected chi connectivity index (χ4v) is 2.09. The Bertz CT molecular complexity index is 520. The number of carbonyl (C=O) groups excluding carboxylic acids is 2. The molecule has 1 amide bonds. The second kappa shape index (κ2) is 10.1. The first-order valence-corrected chi connectivity index (χ1v) is 7.37. The van der Waals surface area contributed by atoms with Crippen molar-refractivity contribution in [2.45, 2.75) is 6.42 Å². The zero-order chi connectivity index (χ0) is 17.2. The first-order chi connectivity index (χ1) is 11.0. The molecule has 0 spiro atoms. The summed E-state index contributed by atoms with van der Waals surface area (Å²) in [7, 11) is 1.24. The number of amides is 1. The van der Waals surface area contributed by atoms with Crippen molar-refractivity contribution in [1.29, 1.82) is 0 Å². The molecule has 1 N–H and O–H groups in total. The van der Waals surface area contributed by atoms with Crippen molar-refractivity contribution in [3.05, 3.63) is 34.6 Å². The zero-order valence-corrected chi connectivity index (χ0v) is 13.5. The Balaban J connectivity index is 2.83. The summed E-state index contributed by atoms with van der Waals surface area (Å²) in [5, 5.41) is 8.66. The monoisotopic (exact) mass is 347 g/mol. The largest absolute Gasteiger partial charge is 0.469 e. The number of methoxy groups -OCH3 is 1. The Kier molecular flexibility index (Phi) is 8.53. The average Bonchev–Trinajstić information content (AvgIpc) is 2.53. The van der Waals surface area contributed by atoms with E-state index in [1.165, 1.54) is 24.1 Å². The van der Waals surface area contributed by atoms with Crippen LogP contribution < -0.4 is 0 Å². The Hall–Kier alpha value is -1.70. The van der Waals surface area contributed by atoms with Gasteiger partial charge in [-0.05, 0) is 12.1 Å². The van der Waals surface area contributed by atoms with Crippen LogP contribution in [0.25, 0.3) is 0 Å². The van der Waals surface area contributed by atoms with Crippen molar-refractivity contribution >= 4 is 23.5 Å². The fourth-order valence-electron chi connectivity index (χ4n) is 1.84. The third-order valence-corrected chi connectivity index (χ3v) is 3.33. The molecule has 1 aromatic carbocycles. The lowest BCUT2D eigenvalue weighted by Gasteiger charge is -2.23. The molecule has 0 atom stereocenters. The van der Waals surface area contributed by atoms with Gasteiger partial charge in [-0.1, -0.05) is 17.7 Å². The highest BCUT2D eigenvalue weighted by Crippen LogP contribution is 2.21. The summed E-state index contributed by atoms with van der Waals surface area (Å²) < 4.78 is 23.5. The highest BCUT2D eigenvalue weighted by molar-refractivity contribution is 6.33. The van der Waals surface area contributed by atoms with Crippen molar-refractivity contribution in [3.8, 4) is 0 Å². The van der Waals surface area contributed by atoms with Gasteiger partial charge >= 0.3 is 5.97 Å². The minimum atomic E-state index is -0.734. The van der Waals surface area contributed by atoms with Crippen LogP contribution in [-0.4, -0.2) is 61.9 Å². The number of aliphatic hydroxyl groups excluding tert-OH is 1. The van der Waals surface area contributed by atoms with Crippen LogP contribution in [0.2, 0.25) is 5.02 Å². The van der Waals surface area contributed by atoms with Crippen molar-refractivity contribution < 1.29 is 28.6 Å². The maximum atomic E-state index is 13.9. The molecule has 0 radical (unpaired) electrons. The van der Waals surface area contributed by atoms with E-state index < -0.39 is 17.7 Å². The van der Waals surface area contributed by atoms with Crippen molar-refractivity contribution in [1.82, 2.24) is 4.90 Å². The molecule has 0 aromatic heterocycles. The highest BCUT2D eigenvalue weighted by Gasteiger charge is 2.22. The van der Waals surface area contributed by atoms with E-state index in [1.54, 1.807) is 0 Å². The van der Waals surface area contributed by atoms with Gasteiger partial charge in [0, 0.05) is 13.1 Å². The first-order valence-electron chi connectivity index (χ1n) is 7.00. The molecule has 0 aliphatic heterocycles. The van der Waals surface area contributed by atoms with Crippen LogP contribution in [0.5, 0.6) is 0 Å². The minimum absolute atomic E-state index is 0.00524. The number of carbonyl (C=O) groups is 2. The SMILES string of the molecule is COC(=O)CCN(CCOCCO)C(=O)c1c(F)cccc1Cl. The third-order valence-electron chi connectivity index (χ3n) is 3.02. The number of benzene rings is 1. The van der Waals surface area contributed by atoms with Gasteiger partial charge in [0.15, 0.2) is 0 Å². The van der Waals surface area contributed by atoms with Crippen LogP contribution in [-0.2, 0) is 14.3 Å². The summed E-state index contributed by atoms with van der Waals surface area (Å²) in [6.45, 7) is 0.285. The molecule has 0 fully saturated rings. The molecule has 1 aromatic rings. The predicted octanol–water partition coefficient (Wildman–Crippen LogP) is 1.49. The van der Waals surface area contributed by atoms with Gasteiger partial charge in [0.2, 0.25) is 0 Å². The molecular formula is C15H19ClFNO5.